The van der Waals surface area contributed by atoms with Crippen LogP contribution in [0.1, 0.15) is 60.0 Å². The predicted molar refractivity (Wildman–Crippen MR) is 166 cm³/mol. The van der Waals surface area contributed by atoms with Crippen LogP contribution in [0.2, 0.25) is 5.02 Å². The number of nitrogens with one attached hydrogen (secondary N) is 1. The number of rotatable bonds is 11. The number of primary amides is 1. The van der Waals surface area contributed by atoms with Gasteiger partial charge in [-0.05, 0) is 68.0 Å². The molecule has 0 aliphatic heterocycles. The van der Waals surface area contributed by atoms with Gasteiger partial charge in [0.05, 0.1) is 17.8 Å². The molecule has 3 aromatic carbocycles. The molecule has 1 amide bonds. The number of amides is 1. The van der Waals surface area contributed by atoms with Crippen LogP contribution in [0.3, 0.4) is 0 Å². The van der Waals surface area contributed by atoms with Gasteiger partial charge in [0.15, 0.2) is 11.6 Å². The van der Waals surface area contributed by atoms with E-state index in [1.807, 2.05) is 37.3 Å². The van der Waals surface area contributed by atoms with Crippen LogP contribution >= 0.6 is 11.6 Å². The van der Waals surface area contributed by atoms with Crippen molar-refractivity contribution in [2.24, 2.45) is 5.73 Å². The lowest BCUT2D eigenvalue weighted by Gasteiger charge is -2.34. The van der Waals surface area contributed by atoms with Crippen LogP contribution in [0.5, 0.6) is 5.75 Å². The molecule has 3 aromatic rings. The molecule has 1 unspecified atom stereocenters. The van der Waals surface area contributed by atoms with Crippen LogP contribution in [0.25, 0.3) is 11.1 Å². The van der Waals surface area contributed by atoms with Crippen molar-refractivity contribution in [3.63, 3.8) is 0 Å². The number of aliphatic carboxylic acids is 1. The largest absolute Gasteiger partial charge is 0.490 e. The fourth-order valence-corrected chi connectivity index (χ4v) is 5.38. The number of benzene rings is 3. The zero-order valence-corrected chi connectivity index (χ0v) is 26.1. The number of aliphatic hydroxyl groups is 1. The minimum absolute atomic E-state index is 0.0111. The Bertz CT molecular complexity index is 1480. The van der Waals surface area contributed by atoms with Gasteiger partial charge >= 0.3 is 12.1 Å². The van der Waals surface area contributed by atoms with Crippen LogP contribution in [0.15, 0.2) is 60.7 Å². The lowest BCUT2D eigenvalue weighted by Crippen LogP contribution is -2.41. The number of carbonyl (C=O) groups excluding carboxylic acids is 1. The topological polar surface area (TPSA) is 131 Å². The van der Waals surface area contributed by atoms with Gasteiger partial charge in [-0.2, -0.15) is 13.2 Å². The SMILES string of the molecule is COCCOc1ccc(C(N)=O)c(-c2cc(C(CNC3CCC(C)(O)CC3)c3ccccc3)ccc2Cl)c1F.O=C(O)C(F)(F)F. The molecule has 1 aliphatic carbocycles. The second kappa shape index (κ2) is 16.2. The molecule has 46 heavy (non-hydrogen) atoms. The van der Waals surface area contributed by atoms with E-state index in [0.717, 1.165) is 36.8 Å². The molecule has 0 bridgehead atoms. The summed E-state index contributed by atoms with van der Waals surface area (Å²) in [6, 6.07) is 18.7. The molecular formula is C33H37ClF4N2O6. The Morgan fingerprint density at radius 1 is 1.07 bits per heavy atom. The van der Waals surface area contributed by atoms with E-state index in [4.69, 9.17) is 36.7 Å². The normalized spacial score (nSPS) is 18.7. The maximum atomic E-state index is 15.8. The third-order valence-electron chi connectivity index (χ3n) is 7.70. The summed E-state index contributed by atoms with van der Waals surface area (Å²) in [6.45, 7) is 2.97. The van der Waals surface area contributed by atoms with E-state index in [1.54, 1.807) is 6.07 Å². The maximum absolute atomic E-state index is 15.8. The second-order valence-electron chi connectivity index (χ2n) is 11.2. The van der Waals surface area contributed by atoms with Gasteiger partial charge in [-0.1, -0.05) is 48.0 Å². The summed E-state index contributed by atoms with van der Waals surface area (Å²) < 4.78 is 58.1. The molecule has 5 N–H and O–H groups in total. The van der Waals surface area contributed by atoms with Crippen molar-refractivity contribution in [3.05, 3.63) is 88.2 Å². The van der Waals surface area contributed by atoms with Gasteiger partial charge in [-0.15, -0.1) is 0 Å². The molecule has 8 nitrogen and oxygen atoms in total. The highest BCUT2D eigenvalue weighted by atomic mass is 35.5. The van der Waals surface area contributed by atoms with Gasteiger partial charge < -0.3 is 30.7 Å². The minimum atomic E-state index is -5.08. The first-order chi connectivity index (χ1) is 21.6. The molecule has 0 spiro atoms. The molecular weight excluding hydrogens is 632 g/mol. The maximum Gasteiger partial charge on any atom is 0.490 e. The molecule has 1 atom stereocenters. The molecule has 4 rings (SSSR count). The van der Waals surface area contributed by atoms with Crippen LogP contribution < -0.4 is 15.8 Å². The first-order valence-electron chi connectivity index (χ1n) is 14.5. The number of nitrogens with two attached hydrogens (primary N) is 1. The third kappa shape index (κ3) is 10.1. The van der Waals surface area contributed by atoms with Crippen molar-refractivity contribution in [1.29, 1.82) is 0 Å². The Morgan fingerprint density at radius 2 is 1.70 bits per heavy atom. The van der Waals surface area contributed by atoms with Crippen LogP contribution in [-0.2, 0) is 9.53 Å². The van der Waals surface area contributed by atoms with Gasteiger partial charge in [-0.25, -0.2) is 9.18 Å². The zero-order valence-electron chi connectivity index (χ0n) is 25.4. The molecule has 0 aromatic heterocycles. The minimum Gasteiger partial charge on any atom is -0.488 e. The van der Waals surface area contributed by atoms with Crippen LogP contribution in [0.4, 0.5) is 17.6 Å². The first kappa shape index (κ1) is 36.8. The summed E-state index contributed by atoms with van der Waals surface area (Å²) in [5.74, 6) is -4.30. The van der Waals surface area contributed by atoms with E-state index in [2.05, 4.69) is 17.4 Å². The molecule has 250 valence electrons. The summed E-state index contributed by atoms with van der Waals surface area (Å²) in [7, 11) is 1.53. The van der Waals surface area contributed by atoms with E-state index in [9.17, 15) is 23.1 Å². The first-order valence-corrected chi connectivity index (χ1v) is 14.9. The third-order valence-corrected chi connectivity index (χ3v) is 8.03. The lowest BCUT2D eigenvalue weighted by molar-refractivity contribution is -0.192. The number of methoxy groups -OCH3 is 1. The van der Waals surface area contributed by atoms with Crippen molar-refractivity contribution >= 4 is 23.5 Å². The molecule has 1 aliphatic rings. The van der Waals surface area contributed by atoms with Crippen molar-refractivity contribution in [2.45, 2.75) is 56.3 Å². The molecule has 0 saturated heterocycles. The summed E-state index contributed by atoms with van der Waals surface area (Å²) in [4.78, 5) is 21.2. The van der Waals surface area contributed by atoms with Crippen molar-refractivity contribution < 1.29 is 46.8 Å². The highest BCUT2D eigenvalue weighted by Crippen LogP contribution is 2.39. The Hall–Kier alpha value is -3.71. The number of alkyl halides is 3. The molecule has 0 radical (unpaired) electrons. The van der Waals surface area contributed by atoms with Crippen LogP contribution in [0, 0.1) is 5.82 Å². The molecule has 0 heterocycles. The summed E-state index contributed by atoms with van der Waals surface area (Å²) in [5.41, 5.74) is 7.45. The van der Waals surface area contributed by atoms with E-state index in [1.165, 1.54) is 19.2 Å². The Balaban J connectivity index is 0.000000738. The van der Waals surface area contributed by atoms with Gasteiger partial charge in [0.25, 0.3) is 0 Å². The van der Waals surface area contributed by atoms with Crippen molar-refractivity contribution in [3.8, 4) is 16.9 Å². The second-order valence-corrected chi connectivity index (χ2v) is 11.6. The smallest absolute Gasteiger partial charge is 0.488 e. The fraction of sp³-hybridized carbons (Fsp3) is 0.394. The molecule has 1 saturated carbocycles. The number of ether oxygens (including phenoxy) is 2. The highest BCUT2D eigenvalue weighted by Gasteiger charge is 2.38. The Labute approximate surface area is 269 Å². The Kier molecular flexibility index (Phi) is 13.0. The fourth-order valence-electron chi connectivity index (χ4n) is 5.17. The van der Waals surface area contributed by atoms with Gasteiger partial charge in [0.2, 0.25) is 5.91 Å². The van der Waals surface area contributed by atoms with Crippen molar-refractivity contribution in [1.82, 2.24) is 5.32 Å². The van der Waals surface area contributed by atoms with E-state index in [0.29, 0.717) is 23.2 Å². The van der Waals surface area contributed by atoms with E-state index in [-0.39, 0.29) is 36.0 Å². The number of carboxylic acid groups (broad SMARTS) is 1. The number of hydrogen-bond donors (Lipinski definition) is 4. The number of carboxylic acids is 1. The summed E-state index contributed by atoms with van der Waals surface area (Å²) >= 11 is 6.62. The summed E-state index contributed by atoms with van der Waals surface area (Å²) in [6.07, 6.45) is -1.79. The number of halogens is 5. The standard InChI is InChI=1S/C31H36ClFN2O4.C2HF3O2/c1-31(37)14-12-22(13-15-31)35-19-25(20-6-4-3-5-7-20)21-8-10-26(32)24(18-21)28-23(30(34)36)9-11-27(29(28)33)39-17-16-38-2;3-2(4,5)1(6)7/h3-11,18,22,25,35,37H,12-17,19H2,1-2H3,(H2,34,36);(H,6,7). The van der Waals surface area contributed by atoms with Crippen molar-refractivity contribution in [2.75, 3.05) is 26.9 Å². The predicted octanol–water partition coefficient (Wildman–Crippen LogP) is 6.32. The lowest BCUT2D eigenvalue weighted by atomic mass is 9.83. The van der Waals surface area contributed by atoms with Gasteiger partial charge in [0, 0.05) is 41.8 Å². The Morgan fingerprint density at radius 3 is 2.26 bits per heavy atom. The van der Waals surface area contributed by atoms with Crippen LogP contribution in [-0.4, -0.2) is 66.8 Å². The average Bonchev–Trinajstić information content (AvgIpc) is 3.00. The highest BCUT2D eigenvalue weighted by molar-refractivity contribution is 6.33. The quantitative estimate of drug-likeness (QED) is 0.139. The van der Waals surface area contributed by atoms with Gasteiger partial charge in [0.1, 0.15) is 6.61 Å². The number of hydrogen-bond acceptors (Lipinski definition) is 6. The molecule has 13 heteroatoms. The van der Waals surface area contributed by atoms with Gasteiger partial charge in [-0.3, -0.25) is 4.79 Å². The monoisotopic (exact) mass is 668 g/mol. The van der Waals surface area contributed by atoms with E-state index < -0.39 is 29.5 Å². The molecule has 1 fully saturated rings. The zero-order chi connectivity index (χ0) is 34.1. The van der Waals surface area contributed by atoms with E-state index >= 15 is 4.39 Å². The number of carbonyl (C=O) groups is 2. The summed E-state index contributed by atoms with van der Waals surface area (Å²) in [5, 5.41) is 21.4. The average molecular weight is 669 g/mol.